The van der Waals surface area contributed by atoms with Gasteiger partial charge in [-0.2, -0.15) is 0 Å². The number of rotatable bonds is 2. The summed E-state index contributed by atoms with van der Waals surface area (Å²) in [5.74, 6) is 1.01. The Labute approximate surface area is 145 Å². The molecular formula is C19H19N5O. The zero-order chi connectivity index (χ0) is 17.4. The molecule has 2 N–H and O–H groups in total. The van der Waals surface area contributed by atoms with Gasteiger partial charge in [0, 0.05) is 24.3 Å². The van der Waals surface area contributed by atoms with Gasteiger partial charge >= 0.3 is 0 Å². The van der Waals surface area contributed by atoms with Crippen LogP contribution in [0.25, 0.3) is 10.9 Å². The molecule has 0 bridgehead atoms. The fourth-order valence-corrected chi connectivity index (χ4v) is 3.48. The molecule has 0 saturated carbocycles. The molecule has 6 nitrogen and oxygen atoms in total. The Morgan fingerprint density at radius 2 is 2.08 bits per heavy atom. The van der Waals surface area contributed by atoms with Gasteiger partial charge in [-0.05, 0) is 37.5 Å². The summed E-state index contributed by atoms with van der Waals surface area (Å²) in [5, 5.41) is 1.00. The summed E-state index contributed by atoms with van der Waals surface area (Å²) < 4.78 is 0. The van der Waals surface area contributed by atoms with Gasteiger partial charge in [0.2, 0.25) is 0 Å². The molecule has 0 radical (unpaired) electrons. The van der Waals surface area contributed by atoms with Crippen molar-refractivity contribution in [2.24, 2.45) is 0 Å². The van der Waals surface area contributed by atoms with Crippen molar-refractivity contribution in [2.75, 3.05) is 12.3 Å². The third-order valence-electron chi connectivity index (χ3n) is 4.78. The van der Waals surface area contributed by atoms with E-state index in [0.717, 1.165) is 29.3 Å². The first-order chi connectivity index (χ1) is 12.1. The molecule has 1 atom stereocenters. The molecule has 3 heterocycles. The second-order valence-electron chi connectivity index (χ2n) is 6.31. The van der Waals surface area contributed by atoms with Crippen molar-refractivity contribution < 1.29 is 4.79 Å². The van der Waals surface area contributed by atoms with Crippen LogP contribution in [-0.4, -0.2) is 32.3 Å². The largest absolute Gasteiger partial charge is 0.384 e. The standard InChI is InChI=1S/C19H19N5O/c1-12-13-5-2-3-6-15(13)22-11-14(12)19(25)24-10-4-7-16(24)18-21-9-8-17(20)23-18/h2-3,5-6,8-9,11,16H,4,7,10H2,1H3,(H2,20,21,23). The number of anilines is 1. The van der Waals surface area contributed by atoms with E-state index in [9.17, 15) is 4.79 Å². The molecule has 25 heavy (non-hydrogen) atoms. The Bertz CT molecular complexity index is 955. The van der Waals surface area contributed by atoms with Gasteiger partial charge in [0.05, 0.1) is 17.1 Å². The maximum Gasteiger partial charge on any atom is 0.256 e. The number of hydrogen-bond acceptors (Lipinski definition) is 5. The predicted molar refractivity (Wildman–Crippen MR) is 95.9 cm³/mol. The second-order valence-corrected chi connectivity index (χ2v) is 6.31. The molecule has 1 fully saturated rings. The van der Waals surface area contributed by atoms with Crippen LogP contribution in [0.2, 0.25) is 0 Å². The molecule has 6 heteroatoms. The Morgan fingerprint density at radius 3 is 2.92 bits per heavy atom. The van der Waals surface area contributed by atoms with Crippen molar-refractivity contribution in [3.8, 4) is 0 Å². The number of aryl methyl sites for hydroxylation is 1. The number of carbonyl (C=O) groups excluding carboxylic acids is 1. The fourth-order valence-electron chi connectivity index (χ4n) is 3.48. The summed E-state index contributed by atoms with van der Waals surface area (Å²) >= 11 is 0. The molecule has 0 spiro atoms. The lowest BCUT2D eigenvalue weighted by Gasteiger charge is -2.24. The van der Waals surface area contributed by atoms with Crippen LogP contribution in [0.5, 0.6) is 0 Å². The molecule has 1 saturated heterocycles. The van der Waals surface area contributed by atoms with Crippen LogP contribution in [0.3, 0.4) is 0 Å². The number of amides is 1. The van der Waals surface area contributed by atoms with E-state index in [2.05, 4.69) is 15.0 Å². The minimum absolute atomic E-state index is 0.0238. The zero-order valence-electron chi connectivity index (χ0n) is 14.0. The molecule has 1 unspecified atom stereocenters. The lowest BCUT2D eigenvalue weighted by atomic mass is 10.0. The third kappa shape index (κ3) is 2.69. The Hall–Kier alpha value is -3.02. The van der Waals surface area contributed by atoms with Gasteiger partial charge in [0.25, 0.3) is 5.91 Å². The molecule has 1 aliphatic rings. The molecular weight excluding hydrogens is 314 g/mol. The van der Waals surface area contributed by atoms with Gasteiger partial charge in [0.1, 0.15) is 5.82 Å². The number of nitrogen functional groups attached to an aromatic ring is 1. The number of carbonyl (C=O) groups is 1. The number of fused-ring (bicyclic) bond motifs is 1. The summed E-state index contributed by atoms with van der Waals surface area (Å²) in [4.78, 5) is 28.1. The van der Waals surface area contributed by atoms with Gasteiger partial charge in [-0.25, -0.2) is 9.97 Å². The third-order valence-corrected chi connectivity index (χ3v) is 4.78. The first-order valence-corrected chi connectivity index (χ1v) is 8.39. The number of likely N-dealkylation sites (tertiary alicyclic amines) is 1. The van der Waals surface area contributed by atoms with Gasteiger partial charge < -0.3 is 10.6 Å². The Morgan fingerprint density at radius 1 is 1.24 bits per heavy atom. The summed E-state index contributed by atoms with van der Waals surface area (Å²) in [6.07, 6.45) is 5.08. The van der Waals surface area contributed by atoms with E-state index in [1.54, 1.807) is 18.5 Å². The zero-order valence-corrected chi connectivity index (χ0v) is 14.0. The predicted octanol–water partition coefficient (Wildman–Crippen LogP) is 2.89. The summed E-state index contributed by atoms with van der Waals surface area (Å²) in [5.41, 5.74) is 8.26. The van der Waals surface area contributed by atoms with Crippen molar-refractivity contribution in [3.05, 3.63) is 59.7 Å². The topological polar surface area (TPSA) is 85.0 Å². The van der Waals surface area contributed by atoms with Crippen LogP contribution in [-0.2, 0) is 0 Å². The van der Waals surface area contributed by atoms with Crippen molar-refractivity contribution in [2.45, 2.75) is 25.8 Å². The number of pyridine rings is 1. The van der Waals surface area contributed by atoms with Gasteiger partial charge in [0.15, 0.2) is 5.82 Å². The Balaban J connectivity index is 1.71. The Kier molecular flexibility index (Phi) is 3.80. The van der Waals surface area contributed by atoms with E-state index in [0.29, 0.717) is 23.8 Å². The first-order valence-electron chi connectivity index (χ1n) is 8.39. The van der Waals surface area contributed by atoms with Crippen molar-refractivity contribution in [3.63, 3.8) is 0 Å². The van der Waals surface area contributed by atoms with Gasteiger partial charge in [-0.15, -0.1) is 0 Å². The smallest absolute Gasteiger partial charge is 0.256 e. The number of nitrogens with two attached hydrogens (primary N) is 1. The lowest BCUT2D eigenvalue weighted by Crippen LogP contribution is -2.32. The van der Waals surface area contributed by atoms with Crippen molar-refractivity contribution >= 4 is 22.6 Å². The maximum atomic E-state index is 13.2. The van der Waals surface area contributed by atoms with Crippen molar-refractivity contribution in [1.29, 1.82) is 0 Å². The van der Waals surface area contributed by atoms with Crippen LogP contribution < -0.4 is 5.73 Å². The summed E-state index contributed by atoms with van der Waals surface area (Å²) in [6.45, 7) is 2.66. The van der Waals surface area contributed by atoms with Crippen LogP contribution in [0.15, 0.2) is 42.7 Å². The van der Waals surface area contributed by atoms with E-state index in [-0.39, 0.29) is 11.9 Å². The van der Waals surface area contributed by atoms with Crippen LogP contribution >= 0.6 is 0 Å². The van der Waals surface area contributed by atoms with Crippen molar-refractivity contribution in [1.82, 2.24) is 19.9 Å². The number of nitrogens with zero attached hydrogens (tertiary/aromatic N) is 4. The SMILES string of the molecule is Cc1c(C(=O)N2CCCC2c2nccc(N)n2)cnc2ccccc12. The van der Waals surface area contributed by atoms with E-state index < -0.39 is 0 Å². The van der Waals surface area contributed by atoms with E-state index in [1.165, 1.54) is 0 Å². The highest BCUT2D eigenvalue weighted by Crippen LogP contribution is 2.32. The summed E-state index contributed by atoms with van der Waals surface area (Å²) in [6, 6.07) is 9.38. The van der Waals surface area contributed by atoms with E-state index >= 15 is 0 Å². The quantitative estimate of drug-likeness (QED) is 0.779. The van der Waals surface area contributed by atoms with Gasteiger partial charge in [-0.1, -0.05) is 18.2 Å². The molecule has 4 rings (SSSR count). The number of hydrogen-bond donors (Lipinski definition) is 1. The number of aromatic nitrogens is 3. The highest BCUT2D eigenvalue weighted by Gasteiger charge is 2.33. The highest BCUT2D eigenvalue weighted by atomic mass is 16.2. The molecule has 3 aromatic rings. The minimum atomic E-state index is -0.137. The first kappa shape index (κ1) is 15.5. The van der Waals surface area contributed by atoms with Crippen LogP contribution in [0.4, 0.5) is 5.82 Å². The molecule has 0 aliphatic carbocycles. The van der Waals surface area contributed by atoms with Gasteiger partial charge in [-0.3, -0.25) is 9.78 Å². The summed E-state index contributed by atoms with van der Waals surface area (Å²) in [7, 11) is 0. The maximum absolute atomic E-state index is 13.2. The normalized spacial score (nSPS) is 17.2. The average Bonchev–Trinajstić information content (AvgIpc) is 3.11. The monoisotopic (exact) mass is 333 g/mol. The molecule has 1 aliphatic heterocycles. The lowest BCUT2D eigenvalue weighted by molar-refractivity contribution is 0.0729. The minimum Gasteiger partial charge on any atom is -0.384 e. The number of benzene rings is 1. The second kappa shape index (κ2) is 6.12. The average molecular weight is 333 g/mol. The molecule has 126 valence electrons. The fraction of sp³-hybridized carbons (Fsp3) is 0.263. The van der Waals surface area contributed by atoms with Crippen LogP contribution in [0, 0.1) is 6.92 Å². The molecule has 1 amide bonds. The van der Waals surface area contributed by atoms with E-state index in [1.807, 2.05) is 36.1 Å². The molecule has 2 aromatic heterocycles. The highest BCUT2D eigenvalue weighted by molar-refractivity contribution is 6.00. The van der Waals surface area contributed by atoms with E-state index in [4.69, 9.17) is 5.73 Å². The van der Waals surface area contributed by atoms with Crippen LogP contribution in [0.1, 0.15) is 40.6 Å². The number of para-hydroxylation sites is 1. The molecule has 1 aromatic carbocycles.